The van der Waals surface area contributed by atoms with Gasteiger partial charge in [0, 0.05) is 43.5 Å². The zero-order valence-corrected chi connectivity index (χ0v) is 16.6. The van der Waals surface area contributed by atoms with Crippen LogP contribution in [0.15, 0.2) is 42.7 Å². The minimum Gasteiger partial charge on any atom is -0.351 e. The second-order valence-corrected chi connectivity index (χ2v) is 8.26. The largest absolute Gasteiger partial charge is 0.351 e. The summed E-state index contributed by atoms with van der Waals surface area (Å²) in [5, 5.41) is 8.70. The number of anilines is 1. The predicted molar refractivity (Wildman–Crippen MR) is 108 cm³/mol. The maximum atomic E-state index is 12.9. The number of carbonyl (C=O) groups excluding carboxylic acids is 1. The molecule has 0 bridgehead atoms. The molecule has 144 valence electrons. The van der Waals surface area contributed by atoms with Crippen molar-refractivity contribution in [2.45, 2.75) is 32.2 Å². The summed E-state index contributed by atoms with van der Waals surface area (Å²) in [7, 11) is 1.85. The molecule has 28 heavy (non-hydrogen) atoms. The topological polar surface area (TPSA) is 75.1 Å². The molecule has 1 fully saturated rings. The zero-order chi connectivity index (χ0) is 19.9. The van der Waals surface area contributed by atoms with Crippen LogP contribution in [0.2, 0.25) is 0 Å². The van der Waals surface area contributed by atoms with Crippen molar-refractivity contribution in [3.63, 3.8) is 0 Å². The van der Waals surface area contributed by atoms with Crippen molar-refractivity contribution in [2.75, 3.05) is 25.0 Å². The molecule has 1 saturated heterocycles. The number of fused-ring (bicyclic) bond motifs is 1. The number of carbonyl (C=O) groups is 1. The van der Waals surface area contributed by atoms with Crippen molar-refractivity contribution < 1.29 is 4.79 Å². The lowest BCUT2D eigenvalue weighted by molar-refractivity contribution is 0.0705. The van der Waals surface area contributed by atoms with Crippen LogP contribution in [0.4, 0.5) is 5.82 Å². The van der Waals surface area contributed by atoms with Crippen LogP contribution in [0.5, 0.6) is 0 Å². The highest BCUT2D eigenvalue weighted by molar-refractivity contribution is 5.97. The summed E-state index contributed by atoms with van der Waals surface area (Å²) in [6, 6.07) is 9.63. The lowest BCUT2D eigenvalue weighted by Crippen LogP contribution is -2.60. The van der Waals surface area contributed by atoms with Crippen molar-refractivity contribution in [3.8, 4) is 0 Å². The van der Waals surface area contributed by atoms with Crippen LogP contribution >= 0.6 is 0 Å². The number of benzene rings is 1. The van der Waals surface area contributed by atoms with Gasteiger partial charge in [-0.25, -0.2) is 0 Å². The van der Waals surface area contributed by atoms with E-state index in [9.17, 15) is 4.79 Å². The van der Waals surface area contributed by atoms with Crippen LogP contribution in [0.1, 0.15) is 36.8 Å². The molecule has 2 aromatic heterocycles. The van der Waals surface area contributed by atoms with E-state index >= 15 is 0 Å². The van der Waals surface area contributed by atoms with Gasteiger partial charge in [0.25, 0.3) is 5.91 Å². The van der Waals surface area contributed by atoms with Gasteiger partial charge in [0.2, 0.25) is 0 Å². The third kappa shape index (κ3) is 3.40. The van der Waals surface area contributed by atoms with Gasteiger partial charge in [-0.15, -0.1) is 5.10 Å². The maximum absolute atomic E-state index is 12.9. The Morgan fingerprint density at radius 2 is 1.75 bits per heavy atom. The van der Waals surface area contributed by atoms with Crippen LogP contribution in [-0.2, 0) is 5.41 Å². The predicted octanol–water partition coefficient (Wildman–Crippen LogP) is 2.68. The van der Waals surface area contributed by atoms with Gasteiger partial charge >= 0.3 is 0 Å². The third-order valence-corrected chi connectivity index (χ3v) is 5.19. The van der Waals surface area contributed by atoms with Crippen LogP contribution in [0, 0.1) is 0 Å². The van der Waals surface area contributed by atoms with E-state index in [1.54, 1.807) is 23.4 Å². The number of nitrogens with zero attached hydrogens (tertiary/aromatic N) is 6. The number of aromatic nitrogens is 4. The number of likely N-dealkylation sites (N-methyl/N-ethyl adjacent to an activating group) is 1. The Balaban J connectivity index is 1.41. The van der Waals surface area contributed by atoms with Gasteiger partial charge in [-0.3, -0.25) is 14.8 Å². The van der Waals surface area contributed by atoms with E-state index in [1.807, 2.05) is 31.3 Å². The Morgan fingerprint density at radius 1 is 1.04 bits per heavy atom. The monoisotopic (exact) mass is 376 g/mol. The molecule has 1 aromatic carbocycles. The summed E-state index contributed by atoms with van der Waals surface area (Å²) in [4.78, 5) is 25.3. The molecular formula is C21H24N6O. The van der Waals surface area contributed by atoms with Crippen molar-refractivity contribution in [3.05, 3.63) is 54.0 Å². The smallest absolute Gasteiger partial charge is 0.254 e. The van der Waals surface area contributed by atoms with Gasteiger partial charge in [-0.05, 0) is 30.3 Å². The minimum atomic E-state index is -0.0140. The average molecular weight is 376 g/mol. The van der Waals surface area contributed by atoms with E-state index in [0.29, 0.717) is 5.56 Å². The second-order valence-electron chi connectivity index (χ2n) is 8.26. The molecule has 0 N–H and O–H groups in total. The van der Waals surface area contributed by atoms with E-state index in [4.69, 9.17) is 0 Å². The van der Waals surface area contributed by atoms with Crippen LogP contribution in [-0.4, -0.2) is 57.2 Å². The molecule has 0 aliphatic carbocycles. The third-order valence-electron chi connectivity index (χ3n) is 5.19. The number of hydrogen-bond acceptors (Lipinski definition) is 6. The van der Waals surface area contributed by atoms with E-state index in [2.05, 4.69) is 45.8 Å². The molecule has 3 aromatic rings. The van der Waals surface area contributed by atoms with Crippen LogP contribution in [0.3, 0.4) is 0 Å². The SMILES string of the molecule is CN(C(=O)c1ccc2nccnc2c1)C1CN(c2ccc(C(C)(C)C)nn2)C1. The molecular weight excluding hydrogens is 352 g/mol. The van der Waals surface area contributed by atoms with E-state index in [1.165, 1.54) is 0 Å². The van der Waals surface area contributed by atoms with Gasteiger partial charge in [-0.1, -0.05) is 20.8 Å². The van der Waals surface area contributed by atoms with Crippen molar-refractivity contribution in [1.29, 1.82) is 0 Å². The van der Waals surface area contributed by atoms with E-state index in [0.717, 1.165) is 35.6 Å². The molecule has 3 heterocycles. The molecule has 4 rings (SSSR count). The Bertz CT molecular complexity index is 1010. The normalized spacial score (nSPS) is 14.8. The minimum absolute atomic E-state index is 0.00799. The summed E-state index contributed by atoms with van der Waals surface area (Å²) in [6.07, 6.45) is 3.28. The summed E-state index contributed by atoms with van der Waals surface area (Å²) in [5.74, 6) is 0.845. The molecule has 0 unspecified atom stereocenters. The molecule has 0 radical (unpaired) electrons. The van der Waals surface area contributed by atoms with Gasteiger partial charge in [0.15, 0.2) is 5.82 Å². The highest BCUT2D eigenvalue weighted by Gasteiger charge is 2.34. The zero-order valence-electron chi connectivity index (χ0n) is 16.6. The van der Waals surface area contributed by atoms with Gasteiger partial charge in [-0.2, -0.15) is 5.10 Å². The average Bonchev–Trinajstić information content (AvgIpc) is 2.65. The molecule has 0 atom stereocenters. The lowest BCUT2D eigenvalue weighted by atomic mass is 9.92. The summed E-state index contributed by atoms with van der Waals surface area (Å²) < 4.78 is 0. The van der Waals surface area contributed by atoms with E-state index < -0.39 is 0 Å². The highest BCUT2D eigenvalue weighted by Crippen LogP contribution is 2.25. The number of rotatable bonds is 3. The first-order valence-corrected chi connectivity index (χ1v) is 9.40. The summed E-state index contributed by atoms with van der Waals surface area (Å²) >= 11 is 0. The van der Waals surface area contributed by atoms with Crippen molar-refractivity contribution >= 4 is 22.8 Å². The fourth-order valence-electron chi connectivity index (χ4n) is 3.25. The molecule has 0 saturated carbocycles. The molecule has 0 spiro atoms. The Morgan fingerprint density at radius 3 is 2.39 bits per heavy atom. The first kappa shape index (κ1) is 18.3. The molecule has 7 heteroatoms. The first-order valence-electron chi connectivity index (χ1n) is 9.40. The fraction of sp³-hybridized carbons (Fsp3) is 0.381. The molecule has 1 aliphatic heterocycles. The molecule has 1 amide bonds. The van der Waals surface area contributed by atoms with Gasteiger partial charge < -0.3 is 9.80 Å². The fourth-order valence-corrected chi connectivity index (χ4v) is 3.25. The summed E-state index contributed by atoms with van der Waals surface area (Å²) in [5.41, 5.74) is 3.10. The van der Waals surface area contributed by atoms with Gasteiger partial charge in [0.05, 0.1) is 22.8 Å². The lowest BCUT2D eigenvalue weighted by Gasteiger charge is -2.44. The highest BCUT2D eigenvalue weighted by atomic mass is 16.2. The Hall–Kier alpha value is -3.09. The van der Waals surface area contributed by atoms with Crippen molar-refractivity contribution in [2.24, 2.45) is 0 Å². The Labute approximate surface area is 164 Å². The first-order chi connectivity index (χ1) is 13.3. The van der Waals surface area contributed by atoms with Crippen LogP contribution < -0.4 is 4.90 Å². The second kappa shape index (κ2) is 6.82. The van der Waals surface area contributed by atoms with E-state index in [-0.39, 0.29) is 17.4 Å². The Kier molecular flexibility index (Phi) is 4.45. The maximum Gasteiger partial charge on any atom is 0.254 e. The molecule has 7 nitrogen and oxygen atoms in total. The van der Waals surface area contributed by atoms with Crippen molar-refractivity contribution in [1.82, 2.24) is 25.1 Å². The van der Waals surface area contributed by atoms with Gasteiger partial charge in [0.1, 0.15) is 0 Å². The molecule has 1 aliphatic rings. The summed E-state index contributed by atoms with van der Waals surface area (Å²) in [6.45, 7) is 7.86. The number of amides is 1. The number of hydrogen-bond donors (Lipinski definition) is 0. The quantitative estimate of drug-likeness (QED) is 0.700. The van der Waals surface area contributed by atoms with Crippen LogP contribution in [0.25, 0.3) is 11.0 Å². The standard InChI is InChI=1S/C21H24N6O/c1-21(2,3)18-7-8-19(25-24-18)27-12-15(13-27)26(4)20(28)14-5-6-16-17(11-14)23-10-9-22-16/h5-11,15H,12-13H2,1-4H3.